The van der Waals surface area contributed by atoms with Crippen molar-refractivity contribution in [1.29, 1.82) is 0 Å². The summed E-state index contributed by atoms with van der Waals surface area (Å²) in [6, 6.07) is 4.67. The van der Waals surface area contributed by atoms with Crippen molar-refractivity contribution < 1.29 is 34.9 Å². The molecule has 11 heteroatoms. The minimum atomic E-state index is -4.41. The van der Waals surface area contributed by atoms with Crippen LogP contribution in [0.5, 0.6) is 0 Å². The Bertz CT molecular complexity index is 787. The van der Waals surface area contributed by atoms with E-state index in [1.54, 1.807) is 12.1 Å². The number of imidazole rings is 1. The molecule has 0 saturated heterocycles. The molecule has 0 N–H and O–H groups in total. The molecule has 2 rings (SSSR count). The topological polar surface area (TPSA) is 75.2 Å². The first-order valence-electron chi connectivity index (χ1n) is 5.61. The maximum Gasteiger partial charge on any atom is 0.495 e. The summed E-state index contributed by atoms with van der Waals surface area (Å²) < 4.78 is 71.6. The molecule has 0 aliphatic heterocycles. The molecule has 6 nitrogen and oxygen atoms in total. The van der Waals surface area contributed by atoms with E-state index in [0.717, 1.165) is 16.2 Å². The summed E-state index contributed by atoms with van der Waals surface area (Å²) in [5, 5.41) is 0.419. The molecule has 1 aromatic carbocycles. The van der Waals surface area contributed by atoms with Gasteiger partial charge in [-0.1, -0.05) is 11.6 Å². The van der Waals surface area contributed by atoms with Gasteiger partial charge in [-0.05, 0) is 12.1 Å². The van der Waals surface area contributed by atoms with Crippen molar-refractivity contribution in [2.24, 2.45) is 14.1 Å². The molecule has 0 bridgehead atoms. The number of halogens is 4. The average Bonchev–Trinajstić information content (AvgIpc) is 2.60. The number of nitrogens with zero attached hydrogens (tertiary/aromatic N) is 2. The van der Waals surface area contributed by atoms with Crippen LogP contribution in [0, 0.1) is 0 Å². The van der Waals surface area contributed by atoms with Crippen molar-refractivity contribution in [3.05, 3.63) is 29.0 Å². The molecule has 124 valence electrons. The molecule has 1 aromatic heterocycles. The van der Waals surface area contributed by atoms with Crippen LogP contribution in [-0.4, -0.2) is 24.6 Å². The van der Waals surface area contributed by atoms with Crippen LogP contribution in [-0.2, 0) is 34.9 Å². The quantitative estimate of drug-likeness (QED) is 0.441. The third-order valence-electron chi connectivity index (χ3n) is 2.75. The Hall–Kier alpha value is -1.36. The van der Waals surface area contributed by atoms with Crippen molar-refractivity contribution in [2.45, 2.75) is 6.18 Å². The van der Waals surface area contributed by atoms with Crippen LogP contribution in [0.3, 0.4) is 0 Å². The number of hydrogen-bond acceptors (Lipinski definition) is 4. The largest absolute Gasteiger partial charge is 0.726 e. The third-order valence-corrected chi connectivity index (χ3v) is 3.40. The number of fused-ring (bicyclic) bond motifs is 1. The SMILES string of the molecule is COS(=O)(=O)[O-].Cn1c(C(F)(F)F)[n+](C)c2ccc(Cl)cc21. The highest BCUT2D eigenvalue weighted by Gasteiger charge is 2.45. The van der Waals surface area contributed by atoms with Crippen molar-refractivity contribution >= 4 is 33.0 Å². The average molecular weight is 361 g/mol. The van der Waals surface area contributed by atoms with Crippen molar-refractivity contribution in [1.82, 2.24) is 4.57 Å². The van der Waals surface area contributed by atoms with Crippen LogP contribution in [0.25, 0.3) is 11.0 Å². The van der Waals surface area contributed by atoms with E-state index in [4.69, 9.17) is 11.6 Å². The maximum atomic E-state index is 12.8. The van der Waals surface area contributed by atoms with E-state index in [2.05, 4.69) is 4.18 Å². The second kappa shape index (κ2) is 6.41. The molecule has 0 radical (unpaired) electrons. The van der Waals surface area contributed by atoms with Gasteiger partial charge < -0.3 is 4.55 Å². The fourth-order valence-corrected chi connectivity index (χ4v) is 2.05. The molecule has 0 aliphatic rings. The van der Waals surface area contributed by atoms with Gasteiger partial charge in [0.05, 0.1) is 21.2 Å². The predicted octanol–water partition coefficient (Wildman–Crippen LogP) is 1.77. The van der Waals surface area contributed by atoms with E-state index < -0.39 is 22.4 Å². The monoisotopic (exact) mass is 360 g/mol. The number of aromatic nitrogens is 2. The van der Waals surface area contributed by atoms with E-state index >= 15 is 0 Å². The molecule has 0 fully saturated rings. The zero-order valence-electron chi connectivity index (χ0n) is 11.7. The molecule has 0 atom stereocenters. The second-order valence-electron chi connectivity index (χ2n) is 4.15. The number of aryl methyl sites for hydroxylation is 2. The third kappa shape index (κ3) is 4.32. The molecule has 0 unspecified atom stereocenters. The van der Waals surface area contributed by atoms with Gasteiger partial charge in [-0.15, -0.1) is 0 Å². The lowest BCUT2D eigenvalue weighted by molar-refractivity contribution is -0.667. The van der Waals surface area contributed by atoms with E-state index in [-0.39, 0.29) is 0 Å². The van der Waals surface area contributed by atoms with Crippen molar-refractivity contribution in [2.75, 3.05) is 7.11 Å². The first-order chi connectivity index (χ1) is 9.88. The molecule has 1 heterocycles. The summed E-state index contributed by atoms with van der Waals surface area (Å²) in [7, 11) is -0.840. The van der Waals surface area contributed by atoms with Crippen LogP contribution in [0.4, 0.5) is 13.2 Å². The zero-order chi connectivity index (χ0) is 17.3. The number of hydrogen-bond donors (Lipinski definition) is 0. The minimum Gasteiger partial charge on any atom is -0.726 e. The van der Waals surface area contributed by atoms with Gasteiger partial charge in [0, 0.05) is 11.1 Å². The lowest BCUT2D eigenvalue weighted by Crippen LogP contribution is -2.37. The zero-order valence-corrected chi connectivity index (χ0v) is 13.3. The Balaban J connectivity index is 0.000000346. The van der Waals surface area contributed by atoms with Gasteiger partial charge >= 0.3 is 12.0 Å². The first-order valence-corrected chi connectivity index (χ1v) is 7.32. The molecule has 22 heavy (non-hydrogen) atoms. The molecular weight excluding hydrogens is 349 g/mol. The highest BCUT2D eigenvalue weighted by atomic mass is 35.5. The Kier molecular flexibility index (Phi) is 5.44. The highest BCUT2D eigenvalue weighted by molar-refractivity contribution is 7.80. The smallest absolute Gasteiger partial charge is 0.495 e. The minimum absolute atomic E-state index is 0.419. The predicted molar refractivity (Wildman–Crippen MR) is 70.8 cm³/mol. The Morgan fingerprint density at radius 3 is 2.27 bits per heavy atom. The summed E-state index contributed by atoms with van der Waals surface area (Å²) >= 11 is 5.76. The number of benzene rings is 1. The Morgan fingerprint density at radius 2 is 1.86 bits per heavy atom. The van der Waals surface area contributed by atoms with Crippen molar-refractivity contribution in [3.63, 3.8) is 0 Å². The van der Waals surface area contributed by atoms with E-state index in [9.17, 15) is 26.1 Å². The lowest BCUT2D eigenvalue weighted by Gasteiger charge is -2.01. The molecule has 0 amide bonds. The fourth-order valence-electron chi connectivity index (χ4n) is 1.88. The molecule has 0 aliphatic carbocycles. The highest BCUT2D eigenvalue weighted by Crippen LogP contribution is 2.29. The number of rotatable bonds is 1. The van der Waals surface area contributed by atoms with Gasteiger partial charge in [-0.25, -0.2) is 17.6 Å². The van der Waals surface area contributed by atoms with Crippen LogP contribution in [0.2, 0.25) is 5.02 Å². The van der Waals surface area contributed by atoms with Gasteiger partial charge in [-0.3, -0.25) is 4.18 Å². The van der Waals surface area contributed by atoms with Gasteiger partial charge in [0.2, 0.25) is 10.4 Å². The van der Waals surface area contributed by atoms with Crippen LogP contribution in [0.1, 0.15) is 5.82 Å². The van der Waals surface area contributed by atoms with Crippen LogP contribution >= 0.6 is 11.6 Å². The van der Waals surface area contributed by atoms with E-state index in [1.165, 1.54) is 20.2 Å². The second-order valence-corrected chi connectivity index (χ2v) is 5.73. The summed E-state index contributed by atoms with van der Waals surface area (Å²) in [5.41, 5.74) is 0.960. The maximum absolute atomic E-state index is 12.8. The molecule has 0 saturated carbocycles. The summed E-state index contributed by atoms with van der Waals surface area (Å²) in [5.74, 6) is -0.704. The van der Waals surface area contributed by atoms with Crippen LogP contribution < -0.4 is 4.57 Å². The Labute approximate surface area is 129 Å². The molecular formula is C11H12ClF3N2O4S. The van der Waals surface area contributed by atoms with Crippen LogP contribution in [0.15, 0.2) is 18.2 Å². The molecule has 0 spiro atoms. The first kappa shape index (κ1) is 18.7. The standard InChI is InChI=1S/C10H9ClF3N2.CH4O4S/c1-15-7-4-3-6(11)5-8(7)16(2)9(15)10(12,13)14;1-5-6(2,3)4/h3-5H,1-2H3;1H3,(H,2,3,4)/q+1;/p-1. The van der Waals surface area contributed by atoms with Gasteiger partial charge in [-0.2, -0.15) is 13.2 Å². The normalized spacial score (nSPS) is 12.2. The summed E-state index contributed by atoms with van der Waals surface area (Å²) in [4.78, 5) is 0. The fraction of sp³-hybridized carbons (Fsp3) is 0.364. The molecule has 2 aromatic rings. The van der Waals surface area contributed by atoms with Gasteiger partial charge in [0.15, 0.2) is 11.0 Å². The summed E-state index contributed by atoms with van der Waals surface area (Å²) in [6.07, 6.45) is -4.38. The van der Waals surface area contributed by atoms with Gasteiger partial charge in [0.25, 0.3) is 0 Å². The summed E-state index contributed by atoms with van der Waals surface area (Å²) in [6.45, 7) is 0. The Morgan fingerprint density at radius 1 is 1.36 bits per heavy atom. The van der Waals surface area contributed by atoms with E-state index in [1.807, 2.05) is 0 Å². The number of alkyl halides is 3. The van der Waals surface area contributed by atoms with Crippen molar-refractivity contribution in [3.8, 4) is 0 Å². The lowest BCUT2D eigenvalue weighted by atomic mass is 10.3. The van der Waals surface area contributed by atoms with E-state index in [0.29, 0.717) is 16.1 Å². The van der Waals surface area contributed by atoms with Gasteiger partial charge in [0.1, 0.15) is 0 Å².